The van der Waals surface area contributed by atoms with Crippen molar-refractivity contribution in [1.82, 2.24) is 0 Å². The van der Waals surface area contributed by atoms with Gasteiger partial charge in [0.1, 0.15) is 17.1 Å². The quantitative estimate of drug-likeness (QED) is 0.854. The van der Waals surface area contributed by atoms with Crippen LogP contribution in [0.1, 0.15) is 58.6 Å². The van der Waals surface area contributed by atoms with E-state index in [4.69, 9.17) is 10.5 Å². The number of phenolic OH excluding ortho intramolecular Hbond substituents is 1. The zero-order valence-corrected chi connectivity index (χ0v) is 13.1. The second kappa shape index (κ2) is 7.61. The molecule has 0 saturated carbocycles. The Kier molecular flexibility index (Phi) is 7.24. The first-order valence-electron chi connectivity index (χ1n) is 6.61. The molecule has 3 nitrogen and oxygen atoms in total. The van der Waals surface area contributed by atoms with Gasteiger partial charge in [0, 0.05) is 11.6 Å². The molecule has 19 heavy (non-hydrogen) atoms. The summed E-state index contributed by atoms with van der Waals surface area (Å²) in [4.78, 5) is 0. The number of aromatic hydroxyl groups is 1. The molecule has 0 aliphatic heterocycles. The van der Waals surface area contributed by atoms with Crippen molar-refractivity contribution >= 4 is 12.4 Å². The Labute approximate surface area is 122 Å². The first-order chi connectivity index (χ1) is 8.33. The summed E-state index contributed by atoms with van der Waals surface area (Å²) in [5, 5.41) is 9.87. The first-order valence-corrected chi connectivity index (χ1v) is 6.61. The second-order valence-electron chi connectivity index (χ2n) is 5.68. The molecule has 0 spiro atoms. The van der Waals surface area contributed by atoms with Gasteiger partial charge in [-0.3, -0.25) is 0 Å². The number of rotatable bonds is 5. The number of unbranched alkanes of at least 4 members (excludes halogenated alkanes) is 1. The van der Waals surface area contributed by atoms with Crippen molar-refractivity contribution in [2.75, 3.05) is 0 Å². The van der Waals surface area contributed by atoms with E-state index in [1.165, 1.54) is 0 Å². The minimum absolute atomic E-state index is 0. The van der Waals surface area contributed by atoms with Gasteiger partial charge in [-0.15, -0.1) is 12.4 Å². The van der Waals surface area contributed by atoms with Gasteiger partial charge in [-0.2, -0.15) is 0 Å². The molecule has 0 aliphatic rings. The van der Waals surface area contributed by atoms with Crippen molar-refractivity contribution in [3.63, 3.8) is 0 Å². The third kappa shape index (κ3) is 6.17. The number of phenols is 1. The fourth-order valence-corrected chi connectivity index (χ4v) is 1.83. The van der Waals surface area contributed by atoms with Crippen molar-refractivity contribution < 1.29 is 9.84 Å². The number of ether oxygens (including phenoxy) is 1. The highest BCUT2D eigenvalue weighted by molar-refractivity contribution is 5.85. The highest BCUT2D eigenvalue weighted by Crippen LogP contribution is 2.31. The van der Waals surface area contributed by atoms with Crippen LogP contribution < -0.4 is 10.5 Å². The van der Waals surface area contributed by atoms with Crippen LogP contribution in [0.4, 0.5) is 0 Å². The number of hydrogen-bond donors (Lipinski definition) is 2. The maximum Gasteiger partial charge on any atom is 0.120 e. The van der Waals surface area contributed by atoms with Gasteiger partial charge in [0.2, 0.25) is 0 Å². The van der Waals surface area contributed by atoms with Crippen LogP contribution in [0.3, 0.4) is 0 Å². The summed E-state index contributed by atoms with van der Waals surface area (Å²) in [7, 11) is 0. The lowest BCUT2D eigenvalue weighted by atomic mass is 10.0. The Morgan fingerprint density at radius 3 is 2.47 bits per heavy atom. The highest BCUT2D eigenvalue weighted by atomic mass is 35.5. The lowest BCUT2D eigenvalue weighted by Gasteiger charge is -2.22. The molecule has 0 saturated heterocycles. The van der Waals surface area contributed by atoms with E-state index in [0.717, 1.165) is 30.6 Å². The minimum Gasteiger partial charge on any atom is -0.508 e. The Morgan fingerprint density at radius 1 is 1.32 bits per heavy atom. The standard InChI is InChI=1S/C15H25NO2.ClH/c1-5-6-7-13(16)12-10-11(8-9-14(12)17)18-15(2,3)4;/h8-10,13,17H,5-7,16H2,1-4H3;1H/t13-;/m0./s1. The molecule has 3 N–H and O–H groups in total. The fraction of sp³-hybridized carbons (Fsp3) is 0.600. The highest BCUT2D eigenvalue weighted by Gasteiger charge is 2.15. The molecule has 1 rings (SSSR count). The lowest BCUT2D eigenvalue weighted by Crippen LogP contribution is -2.23. The molecule has 0 fully saturated rings. The van der Waals surface area contributed by atoms with E-state index in [1.807, 2.05) is 26.8 Å². The van der Waals surface area contributed by atoms with E-state index >= 15 is 0 Å². The van der Waals surface area contributed by atoms with Gasteiger partial charge < -0.3 is 15.6 Å². The molecule has 0 unspecified atom stereocenters. The smallest absolute Gasteiger partial charge is 0.120 e. The Balaban J connectivity index is 0.00000324. The van der Waals surface area contributed by atoms with E-state index < -0.39 is 0 Å². The lowest BCUT2D eigenvalue weighted by molar-refractivity contribution is 0.130. The van der Waals surface area contributed by atoms with Crippen LogP contribution in [-0.4, -0.2) is 10.7 Å². The number of nitrogens with two attached hydrogens (primary N) is 1. The Hall–Kier alpha value is -0.930. The van der Waals surface area contributed by atoms with Crippen LogP contribution >= 0.6 is 12.4 Å². The fourth-order valence-electron chi connectivity index (χ4n) is 1.83. The van der Waals surface area contributed by atoms with Gasteiger partial charge in [0.05, 0.1) is 0 Å². The van der Waals surface area contributed by atoms with Crippen LogP contribution in [0, 0.1) is 0 Å². The van der Waals surface area contributed by atoms with Crippen LogP contribution in [-0.2, 0) is 0 Å². The molecule has 1 aromatic carbocycles. The summed E-state index contributed by atoms with van der Waals surface area (Å²) in [5.74, 6) is 1.00. The largest absolute Gasteiger partial charge is 0.508 e. The summed E-state index contributed by atoms with van der Waals surface area (Å²) >= 11 is 0. The van der Waals surface area contributed by atoms with Gasteiger partial charge in [0.15, 0.2) is 0 Å². The SMILES string of the molecule is CCCC[C@H](N)c1cc(OC(C)(C)C)ccc1O.Cl. The molecule has 0 amide bonds. The number of hydrogen-bond acceptors (Lipinski definition) is 3. The summed E-state index contributed by atoms with van der Waals surface area (Å²) in [5.41, 5.74) is 6.62. The number of halogens is 1. The zero-order chi connectivity index (χ0) is 13.8. The molecule has 1 atom stereocenters. The van der Waals surface area contributed by atoms with Crippen LogP contribution in [0.2, 0.25) is 0 Å². The van der Waals surface area contributed by atoms with Crippen LogP contribution in [0.5, 0.6) is 11.5 Å². The maximum atomic E-state index is 9.87. The van der Waals surface area contributed by atoms with E-state index in [2.05, 4.69) is 6.92 Å². The van der Waals surface area contributed by atoms with Crippen molar-refractivity contribution in [1.29, 1.82) is 0 Å². The van der Waals surface area contributed by atoms with Crippen LogP contribution in [0.15, 0.2) is 18.2 Å². The topological polar surface area (TPSA) is 55.5 Å². The average Bonchev–Trinajstić information content (AvgIpc) is 2.26. The summed E-state index contributed by atoms with van der Waals surface area (Å²) in [6.45, 7) is 8.12. The minimum atomic E-state index is -0.248. The molecule has 1 aromatic rings. The molecular weight excluding hydrogens is 262 g/mol. The van der Waals surface area contributed by atoms with Crippen molar-refractivity contribution in [2.45, 2.75) is 58.6 Å². The molecule has 4 heteroatoms. The molecule has 0 bridgehead atoms. The Morgan fingerprint density at radius 2 is 1.95 bits per heavy atom. The van der Waals surface area contributed by atoms with Crippen molar-refractivity contribution in [3.05, 3.63) is 23.8 Å². The second-order valence-corrected chi connectivity index (χ2v) is 5.68. The molecule has 110 valence electrons. The predicted molar refractivity (Wildman–Crippen MR) is 82.2 cm³/mol. The number of benzene rings is 1. The first kappa shape index (κ1) is 18.1. The van der Waals surface area contributed by atoms with Crippen LogP contribution in [0.25, 0.3) is 0 Å². The van der Waals surface area contributed by atoms with Crippen molar-refractivity contribution in [2.24, 2.45) is 5.73 Å². The summed E-state index contributed by atoms with van der Waals surface area (Å²) in [6, 6.07) is 5.15. The van der Waals surface area contributed by atoms with Gasteiger partial charge >= 0.3 is 0 Å². The van der Waals surface area contributed by atoms with E-state index in [0.29, 0.717) is 0 Å². The third-order valence-corrected chi connectivity index (χ3v) is 2.69. The molecular formula is C15H26ClNO2. The van der Waals surface area contributed by atoms with E-state index in [1.54, 1.807) is 12.1 Å². The third-order valence-electron chi connectivity index (χ3n) is 2.69. The normalized spacial score (nSPS) is 12.7. The maximum absolute atomic E-state index is 9.87. The Bertz CT molecular complexity index is 388. The van der Waals surface area contributed by atoms with Gasteiger partial charge in [-0.05, 0) is 45.4 Å². The van der Waals surface area contributed by atoms with Gasteiger partial charge in [0.25, 0.3) is 0 Å². The summed E-state index contributed by atoms with van der Waals surface area (Å²) < 4.78 is 5.79. The van der Waals surface area contributed by atoms with Gasteiger partial charge in [-0.1, -0.05) is 19.8 Å². The molecule has 0 aromatic heterocycles. The molecule has 0 aliphatic carbocycles. The predicted octanol–water partition coefficient (Wildman–Crippen LogP) is 4.18. The van der Waals surface area contributed by atoms with Gasteiger partial charge in [-0.25, -0.2) is 0 Å². The monoisotopic (exact) mass is 287 g/mol. The molecule has 0 radical (unpaired) electrons. The summed E-state index contributed by atoms with van der Waals surface area (Å²) in [6.07, 6.45) is 3.04. The molecule has 0 heterocycles. The van der Waals surface area contributed by atoms with E-state index in [-0.39, 0.29) is 29.8 Å². The van der Waals surface area contributed by atoms with Crippen molar-refractivity contribution in [3.8, 4) is 11.5 Å². The van der Waals surface area contributed by atoms with E-state index in [9.17, 15) is 5.11 Å². The average molecular weight is 288 g/mol. The zero-order valence-electron chi connectivity index (χ0n) is 12.3.